The van der Waals surface area contributed by atoms with Crippen molar-refractivity contribution in [3.63, 3.8) is 0 Å². The number of anilines is 1. The van der Waals surface area contributed by atoms with Gasteiger partial charge in [0.25, 0.3) is 0 Å². The first-order valence-electron chi connectivity index (χ1n) is 4.94. The highest BCUT2D eigenvalue weighted by Crippen LogP contribution is 2.06. The van der Waals surface area contributed by atoms with E-state index in [2.05, 4.69) is 11.9 Å². The lowest BCUT2D eigenvalue weighted by molar-refractivity contribution is -0.120. The number of carbonyl (C=O) groups excluding carboxylic acids is 1. The van der Waals surface area contributed by atoms with E-state index in [1.807, 2.05) is 18.2 Å². The first kappa shape index (κ1) is 11.3. The van der Waals surface area contributed by atoms with Crippen LogP contribution in [0.4, 0.5) is 5.69 Å². The third kappa shape index (κ3) is 4.31. The topological polar surface area (TPSA) is 55.1 Å². The summed E-state index contributed by atoms with van der Waals surface area (Å²) in [5.74, 6) is 0.0162. The van der Waals surface area contributed by atoms with E-state index < -0.39 is 0 Å². The van der Waals surface area contributed by atoms with Crippen molar-refractivity contribution in [1.82, 2.24) is 5.32 Å². The third-order valence-corrected chi connectivity index (χ3v) is 1.99. The monoisotopic (exact) mass is 204 g/mol. The SMILES string of the molecule is C=CCCNC(=O)Cc1cccc(N)c1. The maximum atomic E-state index is 11.4. The Kier molecular flexibility index (Phi) is 4.41. The number of amides is 1. The second-order valence-electron chi connectivity index (χ2n) is 3.35. The van der Waals surface area contributed by atoms with Crippen molar-refractivity contribution in [1.29, 1.82) is 0 Å². The van der Waals surface area contributed by atoms with Crippen LogP contribution in [0.5, 0.6) is 0 Å². The van der Waals surface area contributed by atoms with Gasteiger partial charge in [0.1, 0.15) is 0 Å². The lowest BCUT2D eigenvalue weighted by Gasteiger charge is -2.04. The largest absolute Gasteiger partial charge is 0.399 e. The molecule has 1 amide bonds. The molecule has 0 spiro atoms. The van der Waals surface area contributed by atoms with Crippen molar-refractivity contribution in [3.8, 4) is 0 Å². The van der Waals surface area contributed by atoms with Gasteiger partial charge in [0.15, 0.2) is 0 Å². The summed E-state index contributed by atoms with van der Waals surface area (Å²) < 4.78 is 0. The van der Waals surface area contributed by atoms with Gasteiger partial charge in [-0.25, -0.2) is 0 Å². The molecule has 0 aliphatic rings. The number of nitrogens with one attached hydrogen (secondary N) is 1. The summed E-state index contributed by atoms with van der Waals surface area (Å²) in [6.07, 6.45) is 2.95. The second-order valence-corrected chi connectivity index (χ2v) is 3.35. The molecule has 0 saturated carbocycles. The lowest BCUT2D eigenvalue weighted by Crippen LogP contribution is -2.25. The molecule has 0 bridgehead atoms. The molecule has 15 heavy (non-hydrogen) atoms. The predicted octanol–water partition coefficient (Wildman–Crippen LogP) is 1.50. The maximum Gasteiger partial charge on any atom is 0.224 e. The molecule has 0 fully saturated rings. The maximum absolute atomic E-state index is 11.4. The van der Waals surface area contributed by atoms with E-state index in [0.29, 0.717) is 18.7 Å². The zero-order valence-electron chi connectivity index (χ0n) is 8.70. The first-order chi connectivity index (χ1) is 7.22. The predicted molar refractivity (Wildman–Crippen MR) is 62.4 cm³/mol. The highest BCUT2D eigenvalue weighted by molar-refractivity contribution is 5.78. The Hall–Kier alpha value is -1.77. The molecular weight excluding hydrogens is 188 g/mol. The Labute approximate surface area is 90.0 Å². The minimum Gasteiger partial charge on any atom is -0.399 e. The molecule has 1 rings (SSSR count). The van der Waals surface area contributed by atoms with Gasteiger partial charge in [0, 0.05) is 12.2 Å². The number of hydrogen-bond donors (Lipinski definition) is 2. The second kappa shape index (κ2) is 5.86. The number of benzene rings is 1. The summed E-state index contributed by atoms with van der Waals surface area (Å²) in [5.41, 5.74) is 7.23. The smallest absolute Gasteiger partial charge is 0.224 e. The summed E-state index contributed by atoms with van der Waals surface area (Å²) >= 11 is 0. The normalized spacial score (nSPS) is 9.60. The number of hydrogen-bond acceptors (Lipinski definition) is 2. The fourth-order valence-corrected chi connectivity index (χ4v) is 1.26. The summed E-state index contributed by atoms with van der Waals surface area (Å²) in [5, 5.41) is 2.80. The van der Waals surface area contributed by atoms with E-state index in [1.165, 1.54) is 0 Å². The molecule has 1 aromatic carbocycles. The molecule has 1 aromatic rings. The van der Waals surface area contributed by atoms with Crippen LogP contribution in [0.15, 0.2) is 36.9 Å². The lowest BCUT2D eigenvalue weighted by atomic mass is 10.1. The standard InChI is InChI=1S/C12H16N2O/c1-2-3-7-14-12(15)9-10-5-4-6-11(13)8-10/h2,4-6,8H,1,3,7,9,13H2,(H,14,15). The Morgan fingerprint density at radius 1 is 1.53 bits per heavy atom. The van der Waals surface area contributed by atoms with Crippen LogP contribution >= 0.6 is 0 Å². The molecule has 0 heterocycles. The fourth-order valence-electron chi connectivity index (χ4n) is 1.26. The molecule has 3 N–H and O–H groups in total. The van der Waals surface area contributed by atoms with Crippen molar-refractivity contribution < 1.29 is 4.79 Å². The molecule has 0 aliphatic carbocycles. The van der Waals surface area contributed by atoms with Gasteiger partial charge in [-0.1, -0.05) is 18.2 Å². The van der Waals surface area contributed by atoms with Gasteiger partial charge in [0.2, 0.25) is 5.91 Å². The van der Waals surface area contributed by atoms with E-state index in [-0.39, 0.29) is 5.91 Å². The summed E-state index contributed by atoms with van der Waals surface area (Å²) in [6.45, 7) is 4.23. The van der Waals surface area contributed by atoms with Gasteiger partial charge >= 0.3 is 0 Å². The third-order valence-electron chi connectivity index (χ3n) is 1.99. The van der Waals surface area contributed by atoms with Crippen LogP contribution in [-0.4, -0.2) is 12.5 Å². The number of carbonyl (C=O) groups is 1. The first-order valence-corrected chi connectivity index (χ1v) is 4.94. The molecule has 0 aromatic heterocycles. The Morgan fingerprint density at radius 3 is 3.00 bits per heavy atom. The van der Waals surface area contributed by atoms with Crippen LogP contribution in [0, 0.1) is 0 Å². The van der Waals surface area contributed by atoms with Crippen molar-refractivity contribution >= 4 is 11.6 Å². The summed E-state index contributed by atoms with van der Waals surface area (Å²) in [4.78, 5) is 11.4. The van der Waals surface area contributed by atoms with Gasteiger partial charge in [0.05, 0.1) is 6.42 Å². The number of nitrogen functional groups attached to an aromatic ring is 1. The molecular formula is C12H16N2O. The van der Waals surface area contributed by atoms with Crippen LogP contribution in [0.3, 0.4) is 0 Å². The average Bonchev–Trinajstić information content (AvgIpc) is 2.18. The minimum atomic E-state index is 0.0162. The Balaban J connectivity index is 2.40. The van der Waals surface area contributed by atoms with Crippen molar-refractivity contribution in [2.75, 3.05) is 12.3 Å². The molecule has 80 valence electrons. The molecule has 3 heteroatoms. The van der Waals surface area contributed by atoms with E-state index in [4.69, 9.17) is 5.73 Å². The average molecular weight is 204 g/mol. The minimum absolute atomic E-state index is 0.0162. The fraction of sp³-hybridized carbons (Fsp3) is 0.250. The van der Waals surface area contributed by atoms with Gasteiger partial charge in [-0.15, -0.1) is 6.58 Å². The van der Waals surface area contributed by atoms with Crippen LogP contribution in [0.1, 0.15) is 12.0 Å². The quantitative estimate of drug-likeness (QED) is 0.434. The molecule has 3 nitrogen and oxygen atoms in total. The van der Waals surface area contributed by atoms with Gasteiger partial charge < -0.3 is 11.1 Å². The molecule has 0 atom stereocenters. The van der Waals surface area contributed by atoms with Crippen molar-refractivity contribution in [2.45, 2.75) is 12.8 Å². The zero-order chi connectivity index (χ0) is 11.1. The zero-order valence-corrected chi connectivity index (χ0v) is 8.70. The molecule has 0 saturated heterocycles. The van der Waals surface area contributed by atoms with Crippen LogP contribution in [-0.2, 0) is 11.2 Å². The Morgan fingerprint density at radius 2 is 2.33 bits per heavy atom. The van der Waals surface area contributed by atoms with Gasteiger partial charge in [-0.05, 0) is 24.1 Å². The van der Waals surface area contributed by atoms with Crippen LogP contribution in [0.25, 0.3) is 0 Å². The van der Waals surface area contributed by atoms with Crippen molar-refractivity contribution in [3.05, 3.63) is 42.5 Å². The number of rotatable bonds is 5. The summed E-state index contributed by atoms with van der Waals surface area (Å²) in [6, 6.07) is 7.36. The van der Waals surface area contributed by atoms with Gasteiger partial charge in [-0.2, -0.15) is 0 Å². The van der Waals surface area contributed by atoms with E-state index in [9.17, 15) is 4.79 Å². The number of nitrogens with two attached hydrogens (primary N) is 1. The highest BCUT2D eigenvalue weighted by atomic mass is 16.1. The van der Waals surface area contributed by atoms with E-state index in [0.717, 1.165) is 12.0 Å². The molecule has 0 unspecified atom stereocenters. The Bertz CT molecular complexity index is 347. The highest BCUT2D eigenvalue weighted by Gasteiger charge is 2.01. The van der Waals surface area contributed by atoms with Crippen molar-refractivity contribution in [2.24, 2.45) is 0 Å². The van der Waals surface area contributed by atoms with E-state index >= 15 is 0 Å². The van der Waals surface area contributed by atoms with Crippen LogP contribution < -0.4 is 11.1 Å². The van der Waals surface area contributed by atoms with Crippen LogP contribution in [0.2, 0.25) is 0 Å². The van der Waals surface area contributed by atoms with Gasteiger partial charge in [-0.3, -0.25) is 4.79 Å². The molecule has 0 aliphatic heterocycles. The molecule has 0 radical (unpaired) electrons. The summed E-state index contributed by atoms with van der Waals surface area (Å²) in [7, 11) is 0. The van der Waals surface area contributed by atoms with E-state index in [1.54, 1.807) is 12.1 Å².